The van der Waals surface area contributed by atoms with Gasteiger partial charge in [-0.15, -0.1) is 0 Å². The normalized spacial score (nSPS) is 12.4. The molecule has 3 aromatic carbocycles. The smallest absolute Gasteiger partial charge is 0.264 e. The predicted molar refractivity (Wildman–Crippen MR) is 153 cm³/mol. The molecule has 0 spiro atoms. The van der Waals surface area contributed by atoms with Crippen LogP contribution in [0.2, 0.25) is 5.02 Å². The van der Waals surface area contributed by atoms with E-state index >= 15 is 0 Å². The summed E-state index contributed by atoms with van der Waals surface area (Å²) in [6, 6.07) is 20.5. The molecule has 208 valence electrons. The molecule has 0 saturated carbocycles. The van der Waals surface area contributed by atoms with Gasteiger partial charge in [-0.25, -0.2) is 8.42 Å². The van der Waals surface area contributed by atoms with Gasteiger partial charge in [-0.3, -0.25) is 13.9 Å². The second-order valence-electron chi connectivity index (χ2n) is 10.1. The average molecular weight is 572 g/mol. The third kappa shape index (κ3) is 7.74. The Labute approximate surface area is 235 Å². The van der Waals surface area contributed by atoms with Gasteiger partial charge >= 0.3 is 0 Å². The fourth-order valence-corrected chi connectivity index (χ4v) is 5.62. The number of carbonyl (C=O) groups is 2. The first-order valence-corrected chi connectivity index (χ1v) is 14.2. The van der Waals surface area contributed by atoms with Crippen molar-refractivity contribution in [3.05, 3.63) is 89.4 Å². The van der Waals surface area contributed by atoms with Gasteiger partial charge in [0.2, 0.25) is 11.8 Å². The van der Waals surface area contributed by atoms with Crippen molar-refractivity contribution in [1.82, 2.24) is 10.2 Å². The second kappa shape index (κ2) is 12.5. The minimum absolute atomic E-state index is 0.0172. The Bertz CT molecular complexity index is 1410. The standard InChI is InChI=1S/C29H34ClN3O5S/c1-21(28(35)31-29(2,3)4)32(19-22-12-11-13-23(30)18-22)27(34)20-33(25-16-9-10-17-26(25)38-5)39(36,37)24-14-7-6-8-15-24/h6-18,21H,19-20H2,1-5H3,(H,31,35)/t21-/m1/s1. The maximum Gasteiger partial charge on any atom is 0.264 e. The molecule has 0 aliphatic carbocycles. The Morgan fingerprint density at radius 2 is 1.62 bits per heavy atom. The van der Waals surface area contributed by atoms with Crippen LogP contribution in [-0.2, 0) is 26.2 Å². The summed E-state index contributed by atoms with van der Waals surface area (Å²) in [4.78, 5) is 28.5. The van der Waals surface area contributed by atoms with E-state index in [1.807, 2.05) is 20.8 Å². The third-order valence-corrected chi connectivity index (χ3v) is 7.88. The van der Waals surface area contributed by atoms with Gasteiger partial charge in [0.15, 0.2) is 0 Å². The number of hydrogen-bond acceptors (Lipinski definition) is 5. The van der Waals surface area contributed by atoms with Crippen molar-refractivity contribution in [2.24, 2.45) is 0 Å². The number of methoxy groups -OCH3 is 1. The van der Waals surface area contributed by atoms with Crippen molar-refractivity contribution < 1.29 is 22.7 Å². The molecule has 0 saturated heterocycles. The van der Waals surface area contributed by atoms with Crippen molar-refractivity contribution in [3.63, 3.8) is 0 Å². The summed E-state index contributed by atoms with van der Waals surface area (Å²) in [6.07, 6.45) is 0. The van der Waals surface area contributed by atoms with Crippen LogP contribution in [0.5, 0.6) is 5.75 Å². The average Bonchev–Trinajstić information content (AvgIpc) is 2.89. The zero-order valence-corrected chi connectivity index (χ0v) is 24.3. The molecule has 0 bridgehead atoms. The SMILES string of the molecule is COc1ccccc1N(CC(=O)N(Cc1cccc(Cl)c1)[C@H](C)C(=O)NC(C)(C)C)S(=O)(=O)c1ccccc1. The zero-order chi connectivity index (χ0) is 28.8. The molecule has 39 heavy (non-hydrogen) atoms. The lowest BCUT2D eigenvalue weighted by Gasteiger charge is -2.33. The van der Waals surface area contributed by atoms with Crippen LogP contribution in [0.15, 0.2) is 83.8 Å². The molecule has 0 aliphatic heterocycles. The Hall–Kier alpha value is -3.56. The van der Waals surface area contributed by atoms with E-state index in [0.29, 0.717) is 10.6 Å². The van der Waals surface area contributed by atoms with Crippen LogP contribution in [-0.4, -0.2) is 50.4 Å². The topological polar surface area (TPSA) is 96.0 Å². The number of hydrogen-bond donors (Lipinski definition) is 1. The maximum absolute atomic E-state index is 14.0. The van der Waals surface area contributed by atoms with E-state index in [0.717, 1.165) is 4.31 Å². The number of halogens is 1. The van der Waals surface area contributed by atoms with Crippen LogP contribution >= 0.6 is 11.6 Å². The molecule has 0 heterocycles. The fourth-order valence-electron chi connectivity index (χ4n) is 3.96. The van der Waals surface area contributed by atoms with Gasteiger partial charge < -0.3 is 15.0 Å². The van der Waals surface area contributed by atoms with Crippen LogP contribution in [0.3, 0.4) is 0 Å². The Kier molecular flexibility index (Phi) is 9.63. The highest BCUT2D eigenvalue weighted by molar-refractivity contribution is 7.92. The minimum atomic E-state index is -4.19. The van der Waals surface area contributed by atoms with Crippen molar-refractivity contribution in [2.45, 2.75) is 50.7 Å². The summed E-state index contributed by atoms with van der Waals surface area (Å²) in [5, 5.41) is 3.38. The molecule has 1 N–H and O–H groups in total. The van der Waals surface area contributed by atoms with E-state index in [1.54, 1.807) is 73.7 Å². The van der Waals surface area contributed by atoms with Gasteiger partial charge in [0.25, 0.3) is 10.0 Å². The van der Waals surface area contributed by atoms with Crippen molar-refractivity contribution >= 4 is 39.1 Å². The molecule has 3 rings (SSSR count). The quantitative estimate of drug-likeness (QED) is 0.374. The second-order valence-corrected chi connectivity index (χ2v) is 12.4. The largest absolute Gasteiger partial charge is 0.495 e. The Morgan fingerprint density at radius 1 is 0.974 bits per heavy atom. The summed E-state index contributed by atoms with van der Waals surface area (Å²) < 4.78 is 34.2. The molecular weight excluding hydrogens is 538 g/mol. The fraction of sp³-hybridized carbons (Fsp3) is 0.310. The van der Waals surface area contributed by atoms with E-state index in [-0.39, 0.29) is 28.8 Å². The van der Waals surface area contributed by atoms with Crippen LogP contribution in [0, 0.1) is 0 Å². The number of carbonyl (C=O) groups excluding carboxylic acids is 2. The molecule has 0 aliphatic rings. The van der Waals surface area contributed by atoms with Gasteiger partial charge in [0.1, 0.15) is 18.3 Å². The molecule has 10 heteroatoms. The van der Waals surface area contributed by atoms with E-state index in [1.165, 1.54) is 24.1 Å². The van der Waals surface area contributed by atoms with Crippen LogP contribution in [0.25, 0.3) is 0 Å². The first kappa shape index (κ1) is 30.0. The van der Waals surface area contributed by atoms with E-state index < -0.39 is 34.1 Å². The summed E-state index contributed by atoms with van der Waals surface area (Å²) in [5.74, 6) is -0.658. The molecule has 1 atom stereocenters. The Balaban J connectivity index is 2.07. The van der Waals surface area contributed by atoms with Gasteiger partial charge in [-0.1, -0.05) is 54.1 Å². The van der Waals surface area contributed by atoms with Gasteiger partial charge in [0, 0.05) is 17.1 Å². The van der Waals surface area contributed by atoms with Crippen LogP contribution < -0.4 is 14.4 Å². The lowest BCUT2D eigenvalue weighted by molar-refractivity contribution is -0.140. The number of para-hydroxylation sites is 2. The highest BCUT2D eigenvalue weighted by atomic mass is 35.5. The summed E-state index contributed by atoms with van der Waals surface area (Å²) in [7, 11) is -2.76. The number of ether oxygens (including phenoxy) is 1. The molecule has 3 aromatic rings. The lowest BCUT2D eigenvalue weighted by Crippen LogP contribution is -2.54. The monoisotopic (exact) mass is 571 g/mol. The first-order valence-electron chi connectivity index (χ1n) is 12.4. The molecule has 0 unspecified atom stereocenters. The summed E-state index contributed by atoms with van der Waals surface area (Å²) in [6.45, 7) is 6.63. The lowest BCUT2D eigenvalue weighted by atomic mass is 10.1. The van der Waals surface area contributed by atoms with E-state index in [9.17, 15) is 18.0 Å². The highest BCUT2D eigenvalue weighted by Crippen LogP contribution is 2.32. The van der Waals surface area contributed by atoms with Crippen molar-refractivity contribution in [1.29, 1.82) is 0 Å². The number of rotatable bonds is 10. The highest BCUT2D eigenvalue weighted by Gasteiger charge is 2.34. The number of amides is 2. The number of benzene rings is 3. The molecule has 0 aromatic heterocycles. The Morgan fingerprint density at radius 3 is 2.23 bits per heavy atom. The van der Waals surface area contributed by atoms with Crippen LogP contribution in [0.1, 0.15) is 33.3 Å². The summed E-state index contributed by atoms with van der Waals surface area (Å²) in [5.41, 5.74) is 0.364. The van der Waals surface area contributed by atoms with Crippen molar-refractivity contribution in [2.75, 3.05) is 18.0 Å². The van der Waals surface area contributed by atoms with Gasteiger partial charge in [0.05, 0.1) is 17.7 Å². The predicted octanol–water partition coefficient (Wildman–Crippen LogP) is 4.88. The van der Waals surface area contributed by atoms with Gasteiger partial charge in [-0.2, -0.15) is 0 Å². The number of nitrogens with zero attached hydrogens (tertiary/aromatic N) is 2. The maximum atomic E-state index is 14.0. The van der Waals surface area contributed by atoms with E-state index in [4.69, 9.17) is 16.3 Å². The number of nitrogens with one attached hydrogen (secondary N) is 1. The molecule has 8 nitrogen and oxygen atoms in total. The number of anilines is 1. The molecular formula is C29H34ClN3O5S. The van der Waals surface area contributed by atoms with Gasteiger partial charge in [-0.05, 0) is 69.7 Å². The minimum Gasteiger partial charge on any atom is -0.495 e. The first-order chi connectivity index (χ1) is 18.3. The summed E-state index contributed by atoms with van der Waals surface area (Å²) >= 11 is 6.18. The molecule has 2 amide bonds. The van der Waals surface area contributed by atoms with Crippen molar-refractivity contribution in [3.8, 4) is 5.75 Å². The zero-order valence-electron chi connectivity index (χ0n) is 22.7. The van der Waals surface area contributed by atoms with E-state index in [2.05, 4.69) is 5.32 Å². The van der Waals surface area contributed by atoms with Crippen LogP contribution in [0.4, 0.5) is 5.69 Å². The third-order valence-electron chi connectivity index (χ3n) is 5.87. The molecule has 0 radical (unpaired) electrons. The molecule has 0 fully saturated rings. The number of sulfonamides is 1.